The molecule has 0 bridgehead atoms. The Morgan fingerprint density at radius 1 is 1.22 bits per heavy atom. The van der Waals surface area contributed by atoms with Gasteiger partial charge in [0.1, 0.15) is 0 Å². The standard InChI is InChI=1S/C17H20N4O2/c1-20(2)13-7-5-12(6-8-13)17(23)21-11-3-4-15(21)14-9-10-16(22)19-18-14/h5-10,15H,3-4,11H2,1-2H3,(H,19,22). The zero-order valence-corrected chi connectivity index (χ0v) is 13.3. The molecule has 23 heavy (non-hydrogen) atoms. The van der Waals surface area contributed by atoms with E-state index in [4.69, 9.17) is 0 Å². The van der Waals surface area contributed by atoms with E-state index >= 15 is 0 Å². The minimum Gasteiger partial charge on any atom is -0.378 e. The van der Waals surface area contributed by atoms with Crippen molar-refractivity contribution in [1.82, 2.24) is 15.1 Å². The quantitative estimate of drug-likeness (QED) is 0.938. The summed E-state index contributed by atoms with van der Waals surface area (Å²) in [6.45, 7) is 0.708. The number of likely N-dealkylation sites (tertiary alicyclic amines) is 1. The summed E-state index contributed by atoms with van der Waals surface area (Å²) in [4.78, 5) is 27.8. The summed E-state index contributed by atoms with van der Waals surface area (Å²) in [6, 6.07) is 10.7. The monoisotopic (exact) mass is 312 g/mol. The van der Waals surface area contributed by atoms with E-state index in [9.17, 15) is 9.59 Å². The summed E-state index contributed by atoms with van der Waals surface area (Å²) in [7, 11) is 3.93. The summed E-state index contributed by atoms with van der Waals surface area (Å²) >= 11 is 0. The van der Waals surface area contributed by atoms with Crippen LogP contribution in [0.2, 0.25) is 0 Å². The summed E-state index contributed by atoms with van der Waals surface area (Å²) in [5.74, 6) is 0.00538. The van der Waals surface area contributed by atoms with Crippen LogP contribution in [0.1, 0.15) is 34.9 Å². The summed E-state index contributed by atoms with van der Waals surface area (Å²) in [6.07, 6.45) is 1.80. The van der Waals surface area contributed by atoms with Gasteiger partial charge >= 0.3 is 0 Å². The molecule has 120 valence electrons. The lowest BCUT2D eigenvalue weighted by Crippen LogP contribution is -2.31. The molecule has 2 aromatic rings. The van der Waals surface area contributed by atoms with Gasteiger partial charge < -0.3 is 9.80 Å². The van der Waals surface area contributed by atoms with Crippen LogP contribution >= 0.6 is 0 Å². The molecule has 1 aliphatic heterocycles. The van der Waals surface area contributed by atoms with Crippen LogP contribution in [-0.2, 0) is 0 Å². The molecule has 0 spiro atoms. The van der Waals surface area contributed by atoms with Gasteiger partial charge in [-0.25, -0.2) is 5.10 Å². The van der Waals surface area contributed by atoms with Crippen LogP contribution in [-0.4, -0.2) is 41.6 Å². The SMILES string of the molecule is CN(C)c1ccc(C(=O)N2CCCC2c2ccc(=O)[nH]n2)cc1. The molecule has 6 heteroatoms. The Kier molecular flexibility index (Phi) is 4.14. The molecule has 1 fully saturated rings. The first-order valence-corrected chi connectivity index (χ1v) is 7.70. The minimum atomic E-state index is -0.233. The number of anilines is 1. The first-order chi connectivity index (χ1) is 11.1. The molecule has 3 rings (SSSR count). The minimum absolute atomic E-state index is 0.00538. The number of nitrogens with one attached hydrogen (secondary N) is 1. The lowest BCUT2D eigenvalue weighted by Gasteiger charge is -2.24. The number of nitrogens with zero attached hydrogens (tertiary/aromatic N) is 3. The number of hydrogen-bond donors (Lipinski definition) is 1. The number of H-pyrrole nitrogens is 1. The maximum Gasteiger partial charge on any atom is 0.264 e. The van der Waals surface area contributed by atoms with Gasteiger partial charge in [0.15, 0.2) is 0 Å². The van der Waals surface area contributed by atoms with E-state index in [2.05, 4.69) is 10.2 Å². The first kappa shape index (κ1) is 15.3. The summed E-state index contributed by atoms with van der Waals surface area (Å²) in [5, 5.41) is 6.53. The van der Waals surface area contributed by atoms with Gasteiger partial charge in [-0.3, -0.25) is 9.59 Å². The number of carbonyl (C=O) groups excluding carboxylic acids is 1. The molecule has 6 nitrogen and oxygen atoms in total. The van der Waals surface area contributed by atoms with Crippen molar-refractivity contribution in [1.29, 1.82) is 0 Å². The average molecular weight is 312 g/mol. The Labute approximate surface area is 134 Å². The maximum atomic E-state index is 12.8. The van der Waals surface area contributed by atoms with Crippen LogP contribution in [0.25, 0.3) is 0 Å². The molecule has 1 N–H and O–H groups in total. The molecule has 2 heterocycles. The van der Waals surface area contributed by atoms with Crippen LogP contribution in [0.3, 0.4) is 0 Å². The molecule has 1 amide bonds. The zero-order chi connectivity index (χ0) is 16.4. The number of amides is 1. The van der Waals surface area contributed by atoms with Gasteiger partial charge in [0.2, 0.25) is 0 Å². The lowest BCUT2D eigenvalue weighted by atomic mass is 10.1. The Bertz CT molecular complexity index is 731. The number of hydrogen-bond acceptors (Lipinski definition) is 4. The highest BCUT2D eigenvalue weighted by atomic mass is 16.2. The zero-order valence-electron chi connectivity index (χ0n) is 13.3. The van der Waals surface area contributed by atoms with E-state index < -0.39 is 0 Å². The second-order valence-corrected chi connectivity index (χ2v) is 5.94. The van der Waals surface area contributed by atoms with E-state index in [0.717, 1.165) is 24.2 Å². The molecule has 1 unspecified atom stereocenters. The highest BCUT2D eigenvalue weighted by molar-refractivity contribution is 5.95. The Hall–Kier alpha value is -2.63. The van der Waals surface area contributed by atoms with Crippen molar-refractivity contribution in [3.8, 4) is 0 Å². The number of aromatic nitrogens is 2. The Morgan fingerprint density at radius 3 is 2.57 bits per heavy atom. The van der Waals surface area contributed by atoms with Crippen molar-refractivity contribution < 1.29 is 4.79 Å². The van der Waals surface area contributed by atoms with Crippen LogP contribution in [0.4, 0.5) is 5.69 Å². The first-order valence-electron chi connectivity index (χ1n) is 7.70. The normalized spacial score (nSPS) is 17.3. The number of carbonyl (C=O) groups is 1. The van der Waals surface area contributed by atoms with Crippen molar-refractivity contribution in [2.24, 2.45) is 0 Å². The molecule has 1 aromatic carbocycles. The summed E-state index contributed by atoms with van der Waals surface area (Å²) in [5.41, 5.74) is 2.23. The van der Waals surface area contributed by atoms with Gasteiger partial charge in [-0.1, -0.05) is 0 Å². The van der Waals surface area contributed by atoms with E-state index in [-0.39, 0.29) is 17.5 Å². The van der Waals surface area contributed by atoms with Gasteiger partial charge in [-0.2, -0.15) is 5.10 Å². The average Bonchev–Trinajstić information content (AvgIpc) is 3.04. The molecular formula is C17H20N4O2. The molecule has 0 radical (unpaired) electrons. The molecule has 1 aliphatic rings. The molecule has 0 saturated carbocycles. The van der Waals surface area contributed by atoms with Crippen LogP contribution in [0, 0.1) is 0 Å². The molecule has 1 aromatic heterocycles. The maximum absolute atomic E-state index is 12.8. The Morgan fingerprint density at radius 2 is 1.96 bits per heavy atom. The van der Waals surface area contributed by atoms with E-state index in [1.807, 2.05) is 48.2 Å². The van der Waals surface area contributed by atoms with Gasteiger partial charge in [0.05, 0.1) is 11.7 Å². The number of benzene rings is 1. The van der Waals surface area contributed by atoms with E-state index in [1.165, 1.54) is 6.07 Å². The fourth-order valence-electron chi connectivity index (χ4n) is 2.93. The smallest absolute Gasteiger partial charge is 0.264 e. The summed E-state index contributed by atoms with van der Waals surface area (Å²) < 4.78 is 0. The second-order valence-electron chi connectivity index (χ2n) is 5.94. The van der Waals surface area contributed by atoms with Crippen molar-refractivity contribution in [2.45, 2.75) is 18.9 Å². The molecule has 1 saturated heterocycles. The van der Waals surface area contributed by atoms with Crippen LogP contribution in [0.5, 0.6) is 0 Å². The predicted octanol–water partition coefficient (Wildman–Crippen LogP) is 1.81. The van der Waals surface area contributed by atoms with Crippen molar-refractivity contribution in [2.75, 3.05) is 25.5 Å². The number of rotatable bonds is 3. The van der Waals surface area contributed by atoms with E-state index in [0.29, 0.717) is 12.1 Å². The van der Waals surface area contributed by atoms with E-state index in [1.54, 1.807) is 6.07 Å². The topological polar surface area (TPSA) is 69.3 Å². The lowest BCUT2D eigenvalue weighted by molar-refractivity contribution is 0.0732. The highest BCUT2D eigenvalue weighted by Crippen LogP contribution is 2.31. The fourth-order valence-corrected chi connectivity index (χ4v) is 2.93. The third-order valence-electron chi connectivity index (χ3n) is 4.19. The number of aromatic amines is 1. The van der Waals surface area contributed by atoms with Crippen LogP contribution in [0.15, 0.2) is 41.2 Å². The molecular weight excluding hydrogens is 292 g/mol. The molecule has 1 atom stereocenters. The van der Waals surface area contributed by atoms with Crippen molar-refractivity contribution in [3.63, 3.8) is 0 Å². The second kappa shape index (κ2) is 6.24. The Balaban J connectivity index is 1.83. The third kappa shape index (κ3) is 3.11. The van der Waals surface area contributed by atoms with Gasteiger partial charge in [-0.15, -0.1) is 0 Å². The van der Waals surface area contributed by atoms with Crippen LogP contribution < -0.4 is 10.5 Å². The van der Waals surface area contributed by atoms with Crippen molar-refractivity contribution in [3.05, 3.63) is 58.0 Å². The molecule has 0 aliphatic carbocycles. The third-order valence-corrected chi connectivity index (χ3v) is 4.19. The fraction of sp³-hybridized carbons (Fsp3) is 0.353. The van der Waals surface area contributed by atoms with Gasteiger partial charge in [-0.05, 0) is 43.2 Å². The highest BCUT2D eigenvalue weighted by Gasteiger charge is 2.31. The van der Waals surface area contributed by atoms with Gasteiger partial charge in [0, 0.05) is 38.0 Å². The van der Waals surface area contributed by atoms with Crippen molar-refractivity contribution >= 4 is 11.6 Å². The van der Waals surface area contributed by atoms with Gasteiger partial charge in [0.25, 0.3) is 11.5 Å². The largest absolute Gasteiger partial charge is 0.378 e. The predicted molar refractivity (Wildman–Crippen MR) is 88.6 cm³/mol.